The highest BCUT2D eigenvalue weighted by Gasteiger charge is 2.02. The fourth-order valence-corrected chi connectivity index (χ4v) is 2.54. The molecule has 2 aromatic rings. The highest BCUT2D eigenvalue weighted by atomic mass is 32.1. The van der Waals surface area contributed by atoms with E-state index in [2.05, 4.69) is 5.32 Å². The van der Waals surface area contributed by atoms with Crippen molar-refractivity contribution in [3.05, 3.63) is 63.4 Å². The largest absolute Gasteiger partial charge is 0.478 e. The molecule has 4 nitrogen and oxygen atoms in total. The van der Waals surface area contributed by atoms with Gasteiger partial charge in [0.1, 0.15) is 0 Å². The van der Waals surface area contributed by atoms with E-state index in [9.17, 15) is 9.59 Å². The van der Waals surface area contributed by atoms with Crippen LogP contribution in [0.15, 0.2) is 41.8 Å². The van der Waals surface area contributed by atoms with E-state index in [4.69, 9.17) is 5.11 Å². The molecule has 0 aliphatic carbocycles. The fourth-order valence-electron chi connectivity index (χ4n) is 1.72. The highest BCUT2D eigenvalue weighted by molar-refractivity contribution is 7.11. The van der Waals surface area contributed by atoms with Gasteiger partial charge in [-0.2, -0.15) is 0 Å². The van der Waals surface area contributed by atoms with E-state index in [1.165, 1.54) is 18.2 Å². The van der Waals surface area contributed by atoms with Crippen LogP contribution in [0.2, 0.25) is 0 Å². The number of carboxylic acids is 1. The Labute approximate surface area is 126 Å². The van der Waals surface area contributed by atoms with Gasteiger partial charge in [-0.25, -0.2) is 4.79 Å². The second-order valence-electron chi connectivity index (χ2n) is 4.52. The number of aromatic carboxylic acids is 1. The van der Waals surface area contributed by atoms with Crippen LogP contribution in [0.5, 0.6) is 0 Å². The Hall–Kier alpha value is -2.40. The molecule has 1 amide bonds. The molecule has 1 aromatic heterocycles. The Morgan fingerprint density at radius 1 is 1.24 bits per heavy atom. The molecule has 0 saturated carbocycles. The number of rotatable bonds is 5. The molecular weight excluding hydrogens is 286 g/mol. The number of carbonyl (C=O) groups is 2. The zero-order valence-corrected chi connectivity index (χ0v) is 12.3. The van der Waals surface area contributed by atoms with Crippen molar-refractivity contribution in [3.63, 3.8) is 0 Å². The average molecular weight is 301 g/mol. The second kappa shape index (κ2) is 6.85. The van der Waals surface area contributed by atoms with E-state index < -0.39 is 5.97 Å². The molecule has 108 valence electrons. The summed E-state index contributed by atoms with van der Waals surface area (Å²) in [6.07, 6.45) is 3.30. The lowest BCUT2D eigenvalue weighted by atomic mass is 10.1. The molecule has 0 unspecified atom stereocenters. The van der Waals surface area contributed by atoms with Crippen LogP contribution in [-0.2, 0) is 11.3 Å². The quantitative estimate of drug-likeness (QED) is 0.834. The van der Waals surface area contributed by atoms with Gasteiger partial charge in [-0.15, -0.1) is 11.3 Å². The van der Waals surface area contributed by atoms with Crippen molar-refractivity contribution in [2.75, 3.05) is 0 Å². The minimum atomic E-state index is -0.958. The third kappa shape index (κ3) is 4.29. The van der Waals surface area contributed by atoms with E-state index in [0.717, 1.165) is 16.0 Å². The third-order valence-electron chi connectivity index (χ3n) is 2.96. The zero-order valence-electron chi connectivity index (χ0n) is 11.5. The highest BCUT2D eigenvalue weighted by Crippen LogP contribution is 2.16. The number of carboxylic acid groups (broad SMARTS) is 1. The maximum atomic E-state index is 11.7. The number of benzene rings is 1. The summed E-state index contributed by atoms with van der Waals surface area (Å²) in [6.45, 7) is 2.37. The number of nitrogens with one attached hydrogen (secondary N) is 1. The fraction of sp³-hybridized carbons (Fsp3) is 0.125. The normalized spacial score (nSPS) is 10.7. The molecule has 21 heavy (non-hydrogen) atoms. The van der Waals surface area contributed by atoms with Crippen LogP contribution in [0.4, 0.5) is 0 Å². The van der Waals surface area contributed by atoms with E-state index in [-0.39, 0.29) is 11.5 Å². The molecule has 2 N–H and O–H groups in total. The molecule has 5 heteroatoms. The van der Waals surface area contributed by atoms with Crippen LogP contribution in [0.3, 0.4) is 0 Å². The average Bonchev–Trinajstić information content (AvgIpc) is 2.88. The minimum Gasteiger partial charge on any atom is -0.478 e. The Bertz CT molecular complexity index is 671. The second-order valence-corrected chi connectivity index (χ2v) is 5.47. The predicted octanol–water partition coefficient (Wildman–Crippen LogP) is 3.08. The molecule has 0 aliphatic rings. The molecule has 0 aliphatic heterocycles. The summed E-state index contributed by atoms with van der Waals surface area (Å²) in [5.74, 6) is -1.13. The number of carbonyl (C=O) groups excluding carboxylic acids is 1. The first kappa shape index (κ1) is 15.0. The Kier molecular flexibility index (Phi) is 4.90. The lowest BCUT2D eigenvalue weighted by Gasteiger charge is -2.03. The van der Waals surface area contributed by atoms with Crippen LogP contribution in [0, 0.1) is 6.92 Å². The molecule has 2 rings (SSSR count). The van der Waals surface area contributed by atoms with Gasteiger partial charge in [0.25, 0.3) is 0 Å². The van der Waals surface area contributed by atoms with Gasteiger partial charge in [0.05, 0.1) is 5.56 Å². The summed E-state index contributed by atoms with van der Waals surface area (Å²) in [5.41, 5.74) is 2.24. The van der Waals surface area contributed by atoms with E-state index in [1.807, 2.05) is 18.4 Å². The van der Waals surface area contributed by atoms with Crippen LogP contribution < -0.4 is 5.32 Å². The van der Waals surface area contributed by atoms with Gasteiger partial charge in [-0.05, 0) is 47.7 Å². The standard InChI is InChI=1S/C16H15NO3S/c1-11-8-9-21-14(11)6-7-15(18)17-10-12-2-4-13(5-3-12)16(19)20/h2-9H,10H2,1H3,(H,17,18)(H,19,20)/b7-6+. The van der Waals surface area contributed by atoms with E-state index in [0.29, 0.717) is 6.54 Å². The van der Waals surface area contributed by atoms with Gasteiger partial charge in [0.2, 0.25) is 5.91 Å². The molecule has 0 atom stereocenters. The van der Waals surface area contributed by atoms with Crippen molar-refractivity contribution >= 4 is 29.3 Å². The van der Waals surface area contributed by atoms with E-state index in [1.54, 1.807) is 29.5 Å². The Morgan fingerprint density at radius 3 is 2.52 bits per heavy atom. The van der Waals surface area contributed by atoms with Crippen molar-refractivity contribution in [1.29, 1.82) is 0 Å². The third-order valence-corrected chi connectivity index (χ3v) is 3.94. The molecule has 0 fully saturated rings. The van der Waals surface area contributed by atoms with Crippen molar-refractivity contribution in [3.8, 4) is 0 Å². The van der Waals surface area contributed by atoms with Gasteiger partial charge in [0.15, 0.2) is 0 Å². The molecular formula is C16H15NO3S. The number of thiophene rings is 1. The first-order chi connectivity index (χ1) is 10.1. The minimum absolute atomic E-state index is 0.176. The summed E-state index contributed by atoms with van der Waals surface area (Å²) < 4.78 is 0. The number of hydrogen-bond donors (Lipinski definition) is 2. The lowest BCUT2D eigenvalue weighted by molar-refractivity contribution is -0.116. The summed E-state index contributed by atoms with van der Waals surface area (Å²) in [5, 5.41) is 13.5. The zero-order chi connectivity index (χ0) is 15.2. The van der Waals surface area contributed by atoms with Crippen molar-refractivity contribution < 1.29 is 14.7 Å². The first-order valence-corrected chi connectivity index (χ1v) is 7.26. The van der Waals surface area contributed by atoms with Crippen LogP contribution in [0.25, 0.3) is 6.08 Å². The van der Waals surface area contributed by atoms with Crippen LogP contribution in [0.1, 0.15) is 26.4 Å². The summed E-state index contributed by atoms with van der Waals surface area (Å²) in [7, 11) is 0. The van der Waals surface area contributed by atoms with Gasteiger partial charge < -0.3 is 10.4 Å². The molecule has 0 radical (unpaired) electrons. The summed E-state index contributed by atoms with van der Waals surface area (Å²) in [4.78, 5) is 23.5. The molecule has 0 spiro atoms. The predicted molar refractivity (Wildman–Crippen MR) is 83.3 cm³/mol. The maximum Gasteiger partial charge on any atom is 0.335 e. The van der Waals surface area contributed by atoms with Crippen molar-refractivity contribution in [1.82, 2.24) is 5.32 Å². The van der Waals surface area contributed by atoms with Crippen molar-refractivity contribution in [2.45, 2.75) is 13.5 Å². The van der Waals surface area contributed by atoms with Gasteiger partial charge >= 0.3 is 5.97 Å². The maximum absolute atomic E-state index is 11.7. The topological polar surface area (TPSA) is 66.4 Å². The Balaban J connectivity index is 1.88. The van der Waals surface area contributed by atoms with Crippen LogP contribution >= 0.6 is 11.3 Å². The number of amides is 1. The first-order valence-electron chi connectivity index (χ1n) is 6.38. The summed E-state index contributed by atoms with van der Waals surface area (Å²) in [6, 6.07) is 8.43. The van der Waals surface area contributed by atoms with Gasteiger partial charge in [-0.3, -0.25) is 4.79 Å². The molecule has 1 heterocycles. The number of aryl methyl sites for hydroxylation is 1. The number of hydrogen-bond acceptors (Lipinski definition) is 3. The SMILES string of the molecule is Cc1ccsc1/C=C/C(=O)NCc1ccc(C(=O)O)cc1. The van der Waals surface area contributed by atoms with E-state index >= 15 is 0 Å². The molecule has 1 aromatic carbocycles. The van der Waals surface area contributed by atoms with Crippen molar-refractivity contribution in [2.24, 2.45) is 0 Å². The van der Waals surface area contributed by atoms with Gasteiger partial charge in [-0.1, -0.05) is 12.1 Å². The molecule has 0 saturated heterocycles. The summed E-state index contributed by atoms with van der Waals surface area (Å²) >= 11 is 1.59. The monoisotopic (exact) mass is 301 g/mol. The van der Waals surface area contributed by atoms with Gasteiger partial charge in [0, 0.05) is 17.5 Å². The smallest absolute Gasteiger partial charge is 0.335 e. The van der Waals surface area contributed by atoms with Crippen LogP contribution in [-0.4, -0.2) is 17.0 Å². The molecule has 0 bridgehead atoms. The Morgan fingerprint density at radius 2 is 1.95 bits per heavy atom. The lowest BCUT2D eigenvalue weighted by Crippen LogP contribution is -2.20.